The predicted molar refractivity (Wildman–Crippen MR) is 98.9 cm³/mol. The smallest absolute Gasteiger partial charge is 0.191 e. The molecular formula is C19H32N4. The van der Waals surface area contributed by atoms with E-state index in [0.29, 0.717) is 0 Å². The monoisotopic (exact) mass is 316 g/mol. The number of likely N-dealkylation sites (tertiary alicyclic amines) is 1. The summed E-state index contributed by atoms with van der Waals surface area (Å²) < 4.78 is 0. The summed E-state index contributed by atoms with van der Waals surface area (Å²) in [5.74, 6) is 0.886. The molecule has 1 saturated heterocycles. The van der Waals surface area contributed by atoms with Crippen LogP contribution in [-0.4, -0.2) is 43.6 Å². The zero-order valence-corrected chi connectivity index (χ0v) is 14.9. The summed E-state index contributed by atoms with van der Waals surface area (Å²) >= 11 is 0. The highest BCUT2D eigenvalue weighted by atomic mass is 15.2. The fourth-order valence-electron chi connectivity index (χ4n) is 3.09. The van der Waals surface area contributed by atoms with Gasteiger partial charge in [-0.3, -0.25) is 4.99 Å². The average Bonchev–Trinajstić information content (AvgIpc) is 2.57. The van der Waals surface area contributed by atoms with Gasteiger partial charge in [0.15, 0.2) is 5.96 Å². The Bertz CT molecular complexity index is 481. The summed E-state index contributed by atoms with van der Waals surface area (Å²) in [7, 11) is 1.83. The summed E-state index contributed by atoms with van der Waals surface area (Å²) in [5, 5.41) is 6.80. The second-order valence-corrected chi connectivity index (χ2v) is 6.57. The van der Waals surface area contributed by atoms with Crippen LogP contribution in [-0.2, 0) is 6.54 Å². The maximum absolute atomic E-state index is 4.30. The third-order valence-electron chi connectivity index (χ3n) is 4.66. The number of nitrogens with zero attached hydrogens (tertiary/aromatic N) is 2. The van der Waals surface area contributed by atoms with E-state index in [1.807, 2.05) is 7.05 Å². The first kappa shape index (κ1) is 17.8. The standard InChI is InChI=1S/C19H32N4/c1-16-8-10-18(11-9-16)15-22-19(20-3)21-12-6-14-23-13-5-4-7-17(23)2/h8-11,17H,4-7,12-15H2,1-3H3,(H2,20,21,22). The summed E-state index contributed by atoms with van der Waals surface area (Å²) in [5.41, 5.74) is 2.57. The SMILES string of the molecule is CN=C(NCCCN1CCCCC1C)NCc1ccc(C)cc1. The van der Waals surface area contributed by atoms with Crippen LogP contribution in [0, 0.1) is 6.92 Å². The van der Waals surface area contributed by atoms with E-state index in [1.54, 1.807) is 0 Å². The molecule has 128 valence electrons. The zero-order chi connectivity index (χ0) is 16.5. The summed E-state index contributed by atoms with van der Waals surface area (Å²) in [4.78, 5) is 6.92. The van der Waals surface area contributed by atoms with Gasteiger partial charge in [-0.05, 0) is 45.2 Å². The van der Waals surface area contributed by atoms with Crippen molar-refractivity contribution in [3.63, 3.8) is 0 Å². The van der Waals surface area contributed by atoms with Gasteiger partial charge < -0.3 is 15.5 Å². The maximum Gasteiger partial charge on any atom is 0.191 e. The molecule has 0 aromatic heterocycles. The van der Waals surface area contributed by atoms with Gasteiger partial charge in [-0.25, -0.2) is 0 Å². The second kappa shape index (κ2) is 9.56. The minimum absolute atomic E-state index is 0.753. The minimum Gasteiger partial charge on any atom is -0.356 e. The Labute approximate surface area is 141 Å². The first-order valence-electron chi connectivity index (χ1n) is 8.93. The van der Waals surface area contributed by atoms with Gasteiger partial charge >= 0.3 is 0 Å². The van der Waals surface area contributed by atoms with E-state index in [9.17, 15) is 0 Å². The highest BCUT2D eigenvalue weighted by Crippen LogP contribution is 2.15. The van der Waals surface area contributed by atoms with Crippen molar-refractivity contribution in [2.75, 3.05) is 26.7 Å². The van der Waals surface area contributed by atoms with E-state index in [1.165, 1.54) is 43.5 Å². The number of hydrogen-bond donors (Lipinski definition) is 2. The number of nitrogens with one attached hydrogen (secondary N) is 2. The molecule has 23 heavy (non-hydrogen) atoms. The molecule has 0 aliphatic carbocycles. The van der Waals surface area contributed by atoms with E-state index >= 15 is 0 Å². The Morgan fingerprint density at radius 3 is 2.70 bits per heavy atom. The van der Waals surface area contributed by atoms with Crippen LogP contribution in [0.4, 0.5) is 0 Å². The fraction of sp³-hybridized carbons (Fsp3) is 0.632. The molecule has 1 unspecified atom stereocenters. The molecule has 1 heterocycles. The van der Waals surface area contributed by atoms with Gasteiger partial charge in [-0.2, -0.15) is 0 Å². The van der Waals surface area contributed by atoms with Crippen molar-refractivity contribution < 1.29 is 0 Å². The molecule has 0 spiro atoms. The minimum atomic E-state index is 0.753. The van der Waals surface area contributed by atoms with Crippen LogP contribution in [0.5, 0.6) is 0 Å². The summed E-state index contributed by atoms with van der Waals surface area (Å²) in [6.45, 7) is 8.69. The number of rotatable bonds is 6. The number of aliphatic imine (C=N–C) groups is 1. The van der Waals surface area contributed by atoms with Crippen molar-refractivity contribution in [3.05, 3.63) is 35.4 Å². The van der Waals surface area contributed by atoms with Crippen molar-refractivity contribution in [3.8, 4) is 0 Å². The van der Waals surface area contributed by atoms with Gasteiger partial charge in [-0.1, -0.05) is 36.2 Å². The van der Waals surface area contributed by atoms with Crippen LogP contribution in [0.25, 0.3) is 0 Å². The zero-order valence-electron chi connectivity index (χ0n) is 14.9. The molecule has 4 nitrogen and oxygen atoms in total. The van der Waals surface area contributed by atoms with Crippen molar-refractivity contribution in [2.24, 2.45) is 4.99 Å². The van der Waals surface area contributed by atoms with Gasteiger partial charge in [0.25, 0.3) is 0 Å². The van der Waals surface area contributed by atoms with E-state index < -0.39 is 0 Å². The highest BCUT2D eigenvalue weighted by Gasteiger charge is 2.16. The van der Waals surface area contributed by atoms with Gasteiger partial charge in [0, 0.05) is 32.7 Å². The molecule has 2 rings (SSSR count). The number of benzene rings is 1. The lowest BCUT2D eigenvalue weighted by Gasteiger charge is -2.33. The van der Waals surface area contributed by atoms with Crippen molar-refractivity contribution in [1.29, 1.82) is 0 Å². The molecule has 1 aromatic rings. The molecule has 1 fully saturated rings. The number of hydrogen-bond acceptors (Lipinski definition) is 2. The normalized spacial score (nSPS) is 19.6. The Morgan fingerprint density at radius 1 is 1.22 bits per heavy atom. The first-order valence-corrected chi connectivity index (χ1v) is 8.93. The number of piperidine rings is 1. The molecular weight excluding hydrogens is 284 g/mol. The lowest BCUT2D eigenvalue weighted by atomic mass is 10.0. The van der Waals surface area contributed by atoms with Gasteiger partial charge in [0.05, 0.1) is 0 Å². The Hall–Kier alpha value is -1.55. The third kappa shape index (κ3) is 6.22. The molecule has 0 bridgehead atoms. The largest absolute Gasteiger partial charge is 0.356 e. The maximum atomic E-state index is 4.30. The van der Waals surface area contributed by atoms with Gasteiger partial charge in [-0.15, -0.1) is 0 Å². The fourth-order valence-corrected chi connectivity index (χ4v) is 3.09. The van der Waals surface area contributed by atoms with E-state index in [2.05, 4.69) is 58.6 Å². The van der Waals surface area contributed by atoms with Gasteiger partial charge in [0.2, 0.25) is 0 Å². The van der Waals surface area contributed by atoms with Gasteiger partial charge in [0.1, 0.15) is 0 Å². The molecule has 2 N–H and O–H groups in total. The van der Waals surface area contributed by atoms with E-state index in [0.717, 1.165) is 31.5 Å². The highest BCUT2D eigenvalue weighted by molar-refractivity contribution is 5.79. The van der Waals surface area contributed by atoms with Crippen molar-refractivity contribution in [2.45, 2.75) is 52.1 Å². The topological polar surface area (TPSA) is 39.7 Å². The lowest BCUT2D eigenvalue weighted by molar-refractivity contribution is 0.159. The molecule has 1 atom stereocenters. The van der Waals surface area contributed by atoms with Crippen LogP contribution >= 0.6 is 0 Å². The lowest BCUT2D eigenvalue weighted by Crippen LogP contribution is -2.41. The van der Waals surface area contributed by atoms with Crippen LogP contribution in [0.2, 0.25) is 0 Å². The Morgan fingerprint density at radius 2 is 2.00 bits per heavy atom. The quantitative estimate of drug-likeness (QED) is 0.481. The van der Waals surface area contributed by atoms with Crippen LogP contribution in [0.3, 0.4) is 0 Å². The van der Waals surface area contributed by atoms with E-state index in [-0.39, 0.29) is 0 Å². The molecule has 1 aliphatic rings. The Balaban J connectivity index is 1.64. The predicted octanol–water partition coefficient (Wildman–Crippen LogP) is 2.92. The molecule has 1 aliphatic heterocycles. The summed E-state index contributed by atoms with van der Waals surface area (Å²) in [6, 6.07) is 9.36. The first-order chi connectivity index (χ1) is 11.2. The molecule has 0 saturated carbocycles. The average molecular weight is 316 g/mol. The number of aryl methyl sites for hydroxylation is 1. The van der Waals surface area contributed by atoms with Crippen molar-refractivity contribution >= 4 is 5.96 Å². The third-order valence-corrected chi connectivity index (χ3v) is 4.66. The molecule has 1 aromatic carbocycles. The summed E-state index contributed by atoms with van der Waals surface area (Å²) in [6.07, 6.45) is 5.27. The van der Waals surface area contributed by atoms with Crippen LogP contribution < -0.4 is 10.6 Å². The molecule has 0 radical (unpaired) electrons. The molecule has 4 heteroatoms. The van der Waals surface area contributed by atoms with Crippen LogP contribution in [0.1, 0.15) is 43.7 Å². The second-order valence-electron chi connectivity index (χ2n) is 6.57. The number of guanidine groups is 1. The van der Waals surface area contributed by atoms with E-state index in [4.69, 9.17) is 0 Å². The molecule has 0 amide bonds. The van der Waals surface area contributed by atoms with Crippen molar-refractivity contribution in [1.82, 2.24) is 15.5 Å². The van der Waals surface area contributed by atoms with Crippen LogP contribution in [0.15, 0.2) is 29.3 Å². The Kier molecular flexibility index (Phi) is 7.40.